The van der Waals surface area contributed by atoms with Gasteiger partial charge in [0.25, 0.3) is 0 Å². The van der Waals surface area contributed by atoms with Gasteiger partial charge in [0.15, 0.2) is 0 Å². The fourth-order valence-electron chi connectivity index (χ4n) is 2.69. The van der Waals surface area contributed by atoms with E-state index in [1.807, 2.05) is 0 Å². The zero-order valence-corrected chi connectivity index (χ0v) is 10.6. The highest BCUT2D eigenvalue weighted by Crippen LogP contribution is 2.35. The molecule has 0 nitrogen and oxygen atoms in total. The van der Waals surface area contributed by atoms with Crippen LogP contribution in [0.2, 0.25) is 0 Å². The third-order valence-corrected chi connectivity index (χ3v) is 4.06. The second-order valence-electron chi connectivity index (χ2n) is 5.97. The zero-order chi connectivity index (χ0) is 10.6. The van der Waals surface area contributed by atoms with Gasteiger partial charge in [0.2, 0.25) is 0 Å². The summed E-state index contributed by atoms with van der Waals surface area (Å²) in [4.78, 5) is 0. The van der Waals surface area contributed by atoms with Gasteiger partial charge in [0, 0.05) is 2.85 Å². The van der Waals surface area contributed by atoms with Crippen LogP contribution in [0.5, 0.6) is 0 Å². The summed E-state index contributed by atoms with van der Waals surface area (Å²) in [5.74, 6) is 3.92. The lowest BCUT2D eigenvalue weighted by Crippen LogP contribution is -2.19. The van der Waals surface area contributed by atoms with Crippen molar-refractivity contribution in [3.8, 4) is 0 Å². The molecule has 0 heteroatoms. The van der Waals surface area contributed by atoms with Crippen LogP contribution in [0.1, 0.15) is 69.1 Å². The Hall–Kier alpha value is 0. The maximum Gasteiger partial charge on any atom is 0 e. The van der Waals surface area contributed by atoms with Gasteiger partial charge in [-0.15, -0.1) is 0 Å². The summed E-state index contributed by atoms with van der Waals surface area (Å²) < 4.78 is 0. The molecular formula is C14H32. The summed E-state index contributed by atoms with van der Waals surface area (Å²) in [5.41, 5.74) is 0. The molecule has 14 heavy (non-hydrogen) atoms. The zero-order valence-electron chi connectivity index (χ0n) is 10.6. The van der Waals surface area contributed by atoms with Gasteiger partial charge in [-0.3, -0.25) is 0 Å². The Morgan fingerprint density at radius 1 is 1.00 bits per heavy atom. The lowest BCUT2D eigenvalue weighted by atomic mass is 9.75. The molecule has 0 aromatic carbocycles. The number of hydrogen-bond acceptors (Lipinski definition) is 0. The summed E-state index contributed by atoms with van der Waals surface area (Å²) in [6.07, 6.45) is 8.85. The first kappa shape index (κ1) is 12.1. The maximum absolute atomic E-state index is 2.48. The summed E-state index contributed by atoms with van der Waals surface area (Å²) in [5, 5.41) is 0. The highest BCUT2D eigenvalue weighted by Gasteiger charge is 2.22. The minimum absolute atomic E-state index is 0. The molecule has 1 aliphatic rings. The second-order valence-corrected chi connectivity index (χ2v) is 5.97. The Labute approximate surface area is 93.4 Å². The molecule has 88 valence electrons. The van der Waals surface area contributed by atoms with Crippen molar-refractivity contribution in [2.75, 3.05) is 0 Å². The van der Waals surface area contributed by atoms with E-state index in [0.717, 1.165) is 23.7 Å². The van der Waals surface area contributed by atoms with E-state index < -0.39 is 0 Å². The first-order valence-electron chi connectivity index (χ1n) is 6.59. The van der Waals surface area contributed by atoms with Gasteiger partial charge in [-0.1, -0.05) is 53.4 Å². The first-order valence-corrected chi connectivity index (χ1v) is 6.59. The van der Waals surface area contributed by atoms with Crippen LogP contribution in [0.25, 0.3) is 0 Å². The smallest absolute Gasteiger partial charge is 0 e. The fourth-order valence-corrected chi connectivity index (χ4v) is 2.69. The SMILES string of the molecule is CC(C)CCC(C)C1CCC(C)CC1.[HH].[HH]. The van der Waals surface area contributed by atoms with E-state index in [4.69, 9.17) is 0 Å². The van der Waals surface area contributed by atoms with Gasteiger partial charge < -0.3 is 0 Å². The highest BCUT2D eigenvalue weighted by molar-refractivity contribution is 4.74. The molecule has 1 unspecified atom stereocenters. The van der Waals surface area contributed by atoms with Crippen molar-refractivity contribution in [3.05, 3.63) is 0 Å². The Balaban J connectivity index is 0. The van der Waals surface area contributed by atoms with E-state index >= 15 is 0 Å². The van der Waals surface area contributed by atoms with Crippen LogP contribution in [0.4, 0.5) is 0 Å². The minimum atomic E-state index is 0. The van der Waals surface area contributed by atoms with E-state index in [0.29, 0.717) is 0 Å². The van der Waals surface area contributed by atoms with Crippen LogP contribution in [0.15, 0.2) is 0 Å². The van der Waals surface area contributed by atoms with Crippen molar-refractivity contribution < 1.29 is 2.85 Å². The Morgan fingerprint density at radius 3 is 2.07 bits per heavy atom. The molecule has 1 atom stereocenters. The highest BCUT2D eigenvalue weighted by atomic mass is 14.3. The van der Waals surface area contributed by atoms with Crippen molar-refractivity contribution in [2.24, 2.45) is 23.7 Å². The van der Waals surface area contributed by atoms with E-state index in [-0.39, 0.29) is 2.85 Å². The standard InChI is InChI=1S/C14H28.2H2/c1-11(2)5-8-13(4)14-9-6-12(3)7-10-14;;/h11-14H,5-10H2,1-4H3;2*1H. The van der Waals surface area contributed by atoms with Crippen molar-refractivity contribution in [1.82, 2.24) is 0 Å². The number of hydrogen-bond donors (Lipinski definition) is 0. The lowest BCUT2D eigenvalue weighted by molar-refractivity contribution is 0.209. The Bertz CT molecular complexity index is 149. The van der Waals surface area contributed by atoms with Crippen molar-refractivity contribution in [3.63, 3.8) is 0 Å². The number of rotatable bonds is 4. The molecule has 0 N–H and O–H groups in total. The molecule has 1 fully saturated rings. The van der Waals surface area contributed by atoms with E-state index in [1.165, 1.54) is 38.5 Å². The summed E-state index contributed by atoms with van der Waals surface area (Å²) >= 11 is 0. The molecule has 0 aromatic heterocycles. The molecule has 0 saturated heterocycles. The van der Waals surface area contributed by atoms with Gasteiger partial charge >= 0.3 is 0 Å². The van der Waals surface area contributed by atoms with Crippen LogP contribution >= 0.6 is 0 Å². The van der Waals surface area contributed by atoms with E-state index in [9.17, 15) is 0 Å². The van der Waals surface area contributed by atoms with E-state index in [2.05, 4.69) is 27.7 Å². The molecule has 0 aliphatic heterocycles. The van der Waals surface area contributed by atoms with Gasteiger partial charge in [0.05, 0.1) is 0 Å². The Kier molecular flexibility index (Phi) is 4.98. The van der Waals surface area contributed by atoms with Crippen molar-refractivity contribution in [2.45, 2.75) is 66.2 Å². The summed E-state index contributed by atoms with van der Waals surface area (Å²) in [7, 11) is 0. The first-order chi connectivity index (χ1) is 6.59. The van der Waals surface area contributed by atoms with Crippen LogP contribution < -0.4 is 0 Å². The van der Waals surface area contributed by atoms with Crippen LogP contribution in [0, 0.1) is 23.7 Å². The minimum Gasteiger partial charge on any atom is -0.0628 e. The third-order valence-electron chi connectivity index (χ3n) is 4.06. The average Bonchev–Trinajstić information content (AvgIpc) is 2.15. The van der Waals surface area contributed by atoms with Gasteiger partial charge in [-0.2, -0.15) is 0 Å². The second kappa shape index (κ2) is 5.78. The van der Waals surface area contributed by atoms with E-state index in [1.54, 1.807) is 0 Å². The largest absolute Gasteiger partial charge is 0.0628 e. The third kappa shape index (κ3) is 4.02. The molecular weight excluding hydrogens is 168 g/mol. The van der Waals surface area contributed by atoms with Gasteiger partial charge in [0.1, 0.15) is 0 Å². The normalized spacial score (nSPS) is 30.6. The van der Waals surface area contributed by atoms with Crippen molar-refractivity contribution in [1.29, 1.82) is 0 Å². The topological polar surface area (TPSA) is 0 Å². The Morgan fingerprint density at radius 2 is 1.57 bits per heavy atom. The lowest BCUT2D eigenvalue weighted by Gasteiger charge is -2.31. The summed E-state index contributed by atoms with van der Waals surface area (Å²) in [6.45, 7) is 9.57. The molecule has 0 heterocycles. The van der Waals surface area contributed by atoms with Crippen LogP contribution in [-0.2, 0) is 0 Å². The molecule has 1 saturated carbocycles. The molecule has 1 rings (SSSR count). The fraction of sp³-hybridized carbons (Fsp3) is 1.00. The van der Waals surface area contributed by atoms with Crippen molar-refractivity contribution >= 4 is 0 Å². The van der Waals surface area contributed by atoms with Crippen LogP contribution in [-0.4, -0.2) is 0 Å². The van der Waals surface area contributed by atoms with Gasteiger partial charge in [-0.25, -0.2) is 0 Å². The molecule has 0 radical (unpaired) electrons. The predicted molar refractivity (Wildman–Crippen MR) is 68.6 cm³/mol. The van der Waals surface area contributed by atoms with Crippen LogP contribution in [0.3, 0.4) is 0 Å². The monoisotopic (exact) mass is 200 g/mol. The molecule has 1 aliphatic carbocycles. The quantitative estimate of drug-likeness (QED) is 0.572. The van der Waals surface area contributed by atoms with Gasteiger partial charge in [-0.05, 0) is 36.5 Å². The summed E-state index contributed by atoms with van der Waals surface area (Å²) in [6, 6.07) is 0. The molecule has 0 bridgehead atoms. The molecule has 0 spiro atoms. The molecule has 0 aromatic rings. The maximum atomic E-state index is 2.48. The average molecular weight is 200 g/mol. The predicted octanol–water partition coefficient (Wildman–Crippen LogP) is 5.38. The molecule has 0 amide bonds.